The first-order valence-electron chi connectivity index (χ1n) is 6.24. The van der Waals surface area contributed by atoms with Crippen molar-refractivity contribution in [2.45, 2.75) is 64.8 Å². The minimum absolute atomic E-state index is 0.115. The second-order valence-electron chi connectivity index (χ2n) is 6.43. The number of carbonyl (C=O) groups is 1. The van der Waals surface area contributed by atoms with Crippen LogP contribution in [0.15, 0.2) is 0 Å². The largest absolute Gasteiger partial charge is 0.481 e. The van der Waals surface area contributed by atoms with Crippen LogP contribution >= 0.6 is 0 Å². The Labute approximate surface area is 98.4 Å². The molecule has 0 aromatic rings. The van der Waals surface area contributed by atoms with Gasteiger partial charge in [-0.3, -0.25) is 4.79 Å². The molecule has 0 bridgehead atoms. The van der Waals surface area contributed by atoms with Gasteiger partial charge in [0.15, 0.2) is 0 Å². The predicted octanol–water partition coefficient (Wildman–Crippen LogP) is 2.79. The molecule has 0 spiro atoms. The summed E-state index contributed by atoms with van der Waals surface area (Å²) in [5, 5.41) is 8.87. The number of hydrogen-bond donors (Lipinski definition) is 2. The molecule has 3 N–H and O–H groups in total. The van der Waals surface area contributed by atoms with Crippen LogP contribution in [0.5, 0.6) is 0 Å². The van der Waals surface area contributed by atoms with Crippen molar-refractivity contribution in [2.24, 2.45) is 17.1 Å². The summed E-state index contributed by atoms with van der Waals surface area (Å²) < 4.78 is 0. The van der Waals surface area contributed by atoms with Gasteiger partial charge >= 0.3 is 5.97 Å². The van der Waals surface area contributed by atoms with Gasteiger partial charge in [-0.1, -0.05) is 27.2 Å². The van der Waals surface area contributed by atoms with Gasteiger partial charge in [-0.05, 0) is 37.0 Å². The molecule has 0 aliphatic heterocycles. The molecule has 0 aromatic carbocycles. The Bertz CT molecular complexity index is 257. The Morgan fingerprint density at radius 3 is 2.50 bits per heavy atom. The van der Waals surface area contributed by atoms with Gasteiger partial charge in [-0.2, -0.15) is 0 Å². The van der Waals surface area contributed by atoms with Crippen LogP contribution in [0.3, 0.4) is 0 Å². The van der Waals surface area contributed by atoms with Gasteiger partial charge < -0.3 is 10.8 Å². The first-order chi connectivity index (χ1) is 7.23. The van der Waals surface area contributed by atoms with Crippen molar-refractivity contribution < 1.29 is 9.90 Å². The lowest BCUT2D eigenvalue weighted by molar-refractivity contribution is -0.138. The molecule has 1 rings (SSSR count). The first kappa shape index (κ1) is 13.5. The van der Waals surface area contributed by atoms with E-state index in [2.05, 4.69) is 20.8 Å². The summed E-state index contributed by atoms with van der Waals surface area (Å²) in [4.78, 5) is 10.8. The third kappa shape index (κ3) is 3.78. The zero-order chi connectivity index (χ0) is 12.4. The lowest BCUT2D eigenvalue weighted by Gasteiger charge is -2.31. The molecule has 0 radical (unpaired) electrons. The Morgan fingerprint density at radius 2 is 2.00 bits per heavy atom. The maximum absolute atomic E-state index is 10.8. The van der Waals surface area contributed by atoms with Gasteiger partial charge in [-0.15, -0.1) is 0 Å². The Morgan fingerprint density at radius 1 is 1.38 bits per heavy atom. The first-order valence-corrected chi connectivity index (χ1v) is 6.24. The highest BCUT2D eigenvalue weighted by Crippen LogP contribution is 2.39. The van der Waals surface area contributed by atoms with E-state index in [1.165, 1.54) is 6.42 Å². The lowest BCUT2D eigenvalue weighted by Crippen LogP contribution is -2.41. The molecule has 1 fully saturated rings. The van der Waals surface area contributed by atoms with Crippen molar-refractivity contribution in [3.63, 3.8) is 0 Å². The molecule has 0 heterocycles. The van der Waals surface area contributed by atoms with E-state index < -0.39 is 11.5 Å². The van der Waals surface area contributed by atoms with E-state index >= 15 is 0 Å². The maximum atomic E-state index is 10.8. The molecule has 0 saturated heterocycles. The zero-order valence-corrected chi connectivity index (χ0v) is 10.8. The van der Waals surface area contributed by atoms with E-state index in [0.717, 1.165) is 25.7 Å². The van der Waals surface area contributed by atoms with Crippen LogP contribution in [-0.2, 0) is 4.79 Å². The van der Waals surface area contributed by atoms with Crippen LogP contribution in [0.25, 0.3) is 0 Å². The van der Waals surface area contributed by atoms with Crippen molar-refractivity contribution in [1.29, 1.82) is 0 Å². The minimum atomic E-state index is -0.767. The van der Waals surface area contributed by atoms with Gasteiger partial charge in [0.1, 0.15) is 0 Å². The quantitative estimate of drug-likeness (QED) is 0.713. The van der Waals surface area contributed by atoms with Crippen LogP contribution < -0.4 is 5.73 Å². The Kier molecular flexibility index (Phi) is 4.00. The van der Waals surface area contributed by atoms with E-state index in [4.69, 9.17) is 10.8 Å². The number of aliphatic carboxylic acids is 1. The van der Waals surface area contributed by atoms with Gasteiger partial charge in [0.25, 0.3) is 0 Å². The van der Waals surface area contributed by atoms with Crippen molar-refractivity contribution >= 4 is 5.97 Å². The molecular weight excluding hydrogens is 202 g/mol. The summed E-state index contributed by atoms with van der Waals surface area (Å²) in [5.41, 5.74) is 6.03. The number of nitrogens with two attached hydrogens (primary N) is 1. The molecule has 2 atom stereocenters. The van der Waals surface area contributed by atoms with Crippen molar-refractivity contribution in [3.8, 4) is 0 Å². The highest BCUT2D eigenvalue weighted by molar-refractivity contribution is 5.68. The molecule has 1 aliphatic rings. The van der Waals surface area contributed by atoms with Gasteiger partial charge in [0.2, 0.25) is 0 Å². The van der Waals surface area contributed by atoms with E-state index in [9.17, 15) is 4.79 Å². The molecule has 3 heteroatoms. The molecule has 3 nitrogen and oxygen atoms in total. The van der Waals surface area contributed by atoms with Crippen molar-refractivity contribution in [1.82, 2.24) is 0 Å². The van der Waals surface area contributed by atoms with Gasteiger partial charge in [0, 0.05) is 5.54 Å². The summed E-state index contributed by atoms with van der Waals surface area (Å²) in [7, 11) is 0. The van der Waals surface area contributed by atoms with Crippen LogP contribution in [0.4, 0.5) is 0 Å². The molecule has 94 valence electrons. The number of carboxylic acids is 1. The monoisotopic (exact) mass is 227 g/mol. The normalized spacial score (nSPS) is 32.1. The van der Waals surface area contributed by atoms with Crippen molar-refractivity contribution in [3.05, 3.63) is 0 Å². The summed E-state index contributed by atoms with van der Waals surface area (Å²) in [5.74, 6) is -0.0940. The van der Waals surface area contributed by atoms with Gasteiger partial charge in [-0.25, -0.2) is 0 Å². The Hall–Kier alpha value is -0.570. The lowest BCUT2D eigenvalue weighted by atomic mass is 9.76. The van der Waals surface area contributed by atoms with Gasteiger partial charge in [0.05, 0.1) is 6.42 Å². The summed E-state index contributed by atoms with van der Waals surface area (Å²) in [6.07, 6.45) is 5.12. The molecular formula is C13H25NO2. The minimum Gasteiger partial charge on any atom is -0.481 e. The molecule has 0 amide bonds. The molecule has 1 saturated carbocycles. The van der Waals surface area contributed by atoms with E-state index in [0.29, 0.717) is 11.3 Å². The summed E-state index contributed by atoms with van der Waals surface area (Å²) in [6.45, 7) is 6.79. The second kappa shape index (κ2) is 4.74. The smallest absolute Gasteiger partial charge is 0.305 e. The fourth-order valence-electron chi connectivity index (χ4n) is 2.78. The Balaban J connectivity index is 2.61. The van der Waals surface area contributed by atoms with Crippen LogP contribution in [0.2, 0.25) is 0 Å². The third-order valence-corrected chi connectivity index (χ3v) is 3.95. The van der Waals surface area contributed by atoms with Crippen LogP contribution in [0, 0.1) is 11.3 Å². The van der Waals surface area contributed by atoms with Crippen LogP contribution in [-0.4, -0.2) is 16.6 Å². The number of hydrogen-bond acceptors (Lipinski definition) is 2. The SMILES string of the molecule is CC(C)(C)C1CCCC(N)(CC(=O)O)CC1. The average molecular weight is 227 g/mol. The summed E-state index contributed by atoms with van der Waals surface area (Å²) in [6, 6.07) is 0. The fraction of sp³-hybridized carbons (Fsp3) is 0.923. The zero-order valence-electron chi connectivity index (χ0n) is 10.8. The second-order valence-corrected chi connectivity index (χ2v) is 6.43. The number of rotatable bonds is 2. The van der Waals surface area contributed by atoms with E-state index in [-0.39, 0.29) is 6.42 Å². The predicted molar refractivity (Wildman–Crippen MR) is 65.2 cm³/mol. The maximum Gasteiger partial charge on any atom is 0.305 e. The average Bonchev–Trinajstić information content (AvgIpc) is 2.24. The highest BCUT2D eigenvalue weighted by Gasteiger charge is 2.34. The molecule has 0 aromatic heterocycles. The molecule has 1 aliphatic carbocycles. The highest BCUT2D eigenvalue weighted by atomic mass is 16.4. The van der Waals surface area contributed by atoms with Crippen molar-refractivity contribution in [2.75, 3.05) is 0 Å². The molecule has 16 heavy (non-hydrogen) atoms. The topological polar surface area (TPSA) is 63.3 Å². The molecule has 2 unspecified atom stereocenters. The fourth-order valence-corrected chi connectivity index (χ4v) is 2.78. The van der Waals surface area contributed by atoms with E-state index in [1.807, 2.05) is 0 Å². The van der Waals surface area contributed by atoms with Crippen LogP contribution in [0.1, 0.15) is 59.3 Å². The third-order valence-electron chi connectivity index (χ3n) is 3.95. The summed E-state index contributed by atoms with van der Waals surface area (Å²) >= 11 is 0. The standard InChI is InChI=1S/C13H25NO2/c1-12(2,3)10-5-4-7-13(14,8-6-10)9-11(15)16/h10H,4-9,14H2,1-3H3,(H,15,16). The number of carboxylic acid groups (broad SMARTS) is 1. The van der Waals surface area contributed by atoms with E-state index in [1.54, 1.807) is 0 Å².